The predicted octanol–water partition coefficient (Wildman–Crippen LogP) is 2.95. The number of carbonyl (C=O) groups excluding carboxylic acids is 1. The minimum Gasteiger partial charge on any atom is -0.350 e. The number of aromatic nitrogens is 2. The summed E-state index contributed by atoms with van der Waals surface area (Å²) in [7, 11) is 0. The van der Waals surface area contributed by atoms with Gasteiger partial charge in [0.05, 0.1) is 17.8 Å². The Balaban J connectivity index is 1.91. The molecule has 7 heteroatoms. The molecule has 1 amide bonds. The SMILES string of the molecule is Cc1cc(C)n(CCNC(=O)c2ccc(C(F)(F)F)cc2)n1. The molecule has 0 spiro atoms. The second-order valence-electron chi connectivity index (χ2n) is 4.98. The van der Waals surface area contributed by atoms with Gasteiger partial charge in [-0.25, -0.2) is 0 Å². The van der Waals surface area contributed by atoms with Gasteiger partial charge in [-0.2, -0.15) is 18.3 Å². The van der Waals surface area contributed by atoms with Gasteiger partial charge in [0, 0.05) is 17.8 Å². The van der Waals surface area contributed by atoms with E-state index in [2.05, 4.69) is 10.4 Å². The largest absolute Gasteiger partial charge is 0.416 e. The number of rotatable bonds is 4. The minimum atomic E-state index is -4.40. The Bertz CT molecular complexity index is 660. The molecule has 1 heterocycles. The molecular weight excluding hydrogens is 295 g/mol. The Morgan fingerprint density at radius 2 is 1.86 bits per heavy atom. The van der Waals surface area contributed by atoms with E-state index in [1.807, 2.05) is 19.9 Å². The van der Waals surface area contributed by atoms with Crippen LogP contribution in [0.2, 0.25) is 0 Å². The Hall–Kier alpha value is -2.31. The van der Waals surface area contributed by atoms with E-state index >= 15 is 0 Å². The summed E-state index contributed by atoms with van der Waals surface area (Å²) in [6.45, 7) is 4.65. The van der Waals surface area contributed by atoms with Crippen molar-refractivity contribution in [1.29, 1.82) is 0 Å². The molecule has 0 aliphatic heterocycles. The van der Waals surface area contributed by atoms with Crippen LogP contribution in [0.3, 0.4) is 0 Å². The summed E-state index contributed by atoms with van der Waals surface area (Å²) in [6.07, 6.45) is -4.40. The van der Waals surface area contributed by atoms with Crippen LogP contribution in [0.1, 0.15) is 27.3 Å². The fourth-order valence-electron chi connectivity index (χ4n) is 2.09. The quantitative estimate of drug-likeness (QED) is 0.943. The zero-order valence-corrected chi connectivity index (χ0v) is 12.2. The third-order valence-electron chi connectivity index (χ3n) is 3.19. The number of aryl methyl sites for hydroxylation is 2. The molecule has 0 unspecified atom stereocenters. The number of alkyl halides is 3. The highest BCUT2D eigenvalue weighted by molar-refractivity contribution is 5.94. The standard InChI is InChI=1S/C15H16F3N3O/c1-10-9-11(2)21(20-10)8-7-19-14(22)12-3-5-13(6-4-12)15(16,17)18/h3-6,9H,7-8H2,1-2H3,(H,19,22). The van der Waals surface area contributed by atoms with Crippen molar-refractivity contribution in [3.8, 4) is 0 Å². The average molecular weight is 311 g/mol. The summed E-state index contributed by atoms with van der Waals surface area (Å²) in [6, 6.07) is 6.06. The van der Waals surface area contributed by atoms with E-state index in [0.29, 0.717) is 13.1 Å². The number of nitrogens with one attached hydrogen (secondary N) is 1. The first kappa shape index (κ1) is 16.1. The third-order valence-corrected chi connectivity index (χ3v) is 3.19. The molecule has 0 saturated carbocycles. The molecular formula is C15H16F3N3O. The van der Waals surface area contributed by atoms with Crippen LogP contribution in [0, 0.1) is 13.8 Å². The van der Waals surface area contributed by atoms with Crippen molar-refractivity contribution in [1.82, 2.24) is 15.1 Å². The van der Waals surface area contributed by atoms with Gasteiger partial charge in [-0.1, -0.05) is 0 Å². The van der Waals surface area contributed by atoms with Crippen molar-refractivity contribution in [2.45, 2.75) is 26.6 Å². The van der Waals surface area contributed by atoms with Gasteiger partial charge in [-0.15, -0.1) is 0 Å². The number of halogens is 3. The predicted molar refractivity (Wildman–Crippen MR) is 75.5 cm³/mol. The number of benzene rings is 1. The topological polar surface area (TPSA) is 46.9 Å². The molecule has 1 aromatic heterocycles. The molecule has 118 valence electrons. The number of carbonyl (C=O) groups is 1. The lowest BCUT2D eigenvalue weighted by Gasteiger charge is -2.09. The summed E-state index contributed by atoms with van der Waals surface area (Å²) in [4.78, 5) is 11.9. The maximum absolute atomic E-state index is 12.4. The van der Waals surface area contributed by atoms with Gasteiger partial charge in [0.2, 0.25) is 0 Å². The smallest absolute Gasteiger partial charge is 0.350 e. The molecule has 0 bridgehead atoms. The molecule has 0 atom stereocenters. The lowest BCUT2D eigenvalue weighted by Crippen LogP contribution is -2.27. The first-order chi connectivity index (χ1) is 10.3. The molecule has 22 heavy (non-hydrogen) atoms. The van der Waals surface area contributed by atoms with Gasteiger partial charge in [0.1, 0.15) is 0 Å². The number of hydrogen-bond donors (Lipinski definition) is 1. The molecule has 2 aromatic rings. The highest BCUT2D eigenvalue weighted by atomic mass is 19.4. The van der Waals surface area contributed by atoms with Crippen LogP contribution >= 0.6 is 0 Å². The van der Waals surface area contributed by atoms with E-state index in [9.17, 15) is 18.0 Å². The summed E-state index contributed by atoms with van der Waals surface area (Å²) < 4.78 is 39.1. The van der Waals surface area contributed by atoms with E-state index in [1.54, 1.807) is 4.68 Å². The Labute approximate surface area is 125 Å². The highest BCUT2D eigenvalue weighted by Gasteiger charge is 2.30. The molecule has 0 saturated heterocycles. The maximum atomic E-state index is 12.4. The molecule has 0 aliphatic rings. The number of nitrogens with zero attached hydrogens (tertiary/aromatic N) is 2. The van der Waals surface area contributed by atoms with Gasteiger partial charge < -0.3 is 5.32 Å². The van der Waals surface area contributed by atoms with Gasteiger partial charge in [0.15, 0.2) is 0 Å². The van der Waals surface area contributed by atoms with E-state index < -0.39 is 17.6 Å². The fraction of sp³-hybridized carbons (Fsp3) is 0.333. The molecule has 4 nitrogen and oxygen atoms in total. The molecule has 1 N–H and O–H groups in total. The van der Waals surface area contributed by atoms with E-state index in [-0.39, 0.29) is 5.56 Å². The third kappa shape index (κ3) is 3.87. The molecule has 0 fully saturated rings. The van der Waals surface area contributed by atoms with Crippen molar-refractivity contribution in [2.24, 2.45) is 0 Å². The Kier molecular flexibility index (Phi) is 4.54. The van der Waals surface area contributed by atoms with Crippen LogP contribution < -0.4 is 5.32 Å². The summed E-state index contributed by atoms with van der Waals surface area (Å²) >= 11 is 0. The van der Waals surface area contributed by atoms with E-state index in [1.165, 1.54) is 12.1 Å². The zero-order chi connectivity index (χ0) is 16.3. The van der Waals surface area contributed by atoms with Crippen molar-refractivity contribution in [2.75, 3.05) is 6.54 Å². The summed E-state index contributed by atoms with van der Waals surface area (Å²) in [5, 5.41) is 6.92. The first-order valence-corrected chi connectivity index (χ1v) is 6.74. The number of hydrogen-bond acceptors (Lipinski definition) is 2. The van der Waals surface area contributed by atoms with Gasteiger partial charge >= 0.3 is 6.18 Å². The normalized spacial score (nSPS) is 11.5. The van der Waals surface area contributed by atoms with Crippen LogP contribution in [0.15, 0.2) is 30.3 Å². The van der Waals surface area contributed by atoms with E-state index in [4.69, 9.17) is 0 Å². The molecule has 2 rings (SSSR count). The molecule has 0 aliphatic carbocycles. The lowest BCUT2D eigenvalue weighted by molar-refractivity contribution is -0.137. The Morgan fingerprint density at radius 1 is 1.23 bits per heavy atom. The van der Waals surface area contributed by atoms with Gasteiger partial charge in [-0.3, -0.25) is 9.48 Å². The van der Waals surface area contributed by atoms with Crippen molar-refractivity contribution < 1.29 is 18.0 Å². The monoisotopic (exact) mass is 311 g/mol. The molecule has 0 radical (unpaired) electrons. The Morgan fingerprint density at radius 3 is 2.36 bits per heavy atom. The minimum absolute atomic E-state index is 0.196. The number of amides is 1. The van der Waals surface area contributed by atoms with Crippen LogP contribution in [0.5, 0.6) is 0 Å². The van der Waals surface area contributed by atoms with Crippen molar-refractivity contribution in [3.63, 3.8) is 0 Å². The van der Waals surface area contributed by atoms with Crippen molar-refractivity contribution in [3.05, 3.63) is 52.8 Å². The first-order valence-electron chi connectivity index (χ1n) is 6.74. The van der Waals surface area contributed by atoms with Gasteiger partial charge in [0.25, 0.3) is 5.91 Å². The highest BCUT2D eigenvalue weighted by Crippen LogP contribution is 2.29. The maximum Gasteiger partial charge on any atom is 0.416 e. The van der Waals surface area contributed by atoms with Crippen LogP contribution in [-0.2, 0) is 12.7 Å². The van der Waals surface area contributed by atoms with E-state index in [0.717, 1.165) is 23.5 Å². The van der Waals surface area contributed by atoms with Crippen LogP contribution in [0.25, 0.3) is 0 Å². The van der Waals surface area contributed by atoms with Crippen molar-refractivity contribution >= 4 is 5.91 Å². The summed E-state index contributed by atoms with van der Waals surface area (Å²) in [5.74, 6) is -0.407. The van der Waals surface area contributed by atoms with Crippen LogP contribution in [0.4, 0.5) is 13.2 Å². The second kappa shape index (κ2) is 6.21. The summed E-state index contributed by atoms with van der Waals surface area (Å²) in [5.41, 5.74) is 1.31. The second-order valence-corrected chi connectivity index (χ2v) is 4.98. The van der Waals surface area contributed by atoms with Crippen LogP contribution in [-0.4, -0.2) is 22.2 Å². The average Bonchev–Trinajstić information content (AvgIpc) is 2.76. The zero-order valence-electron chi connectivity index (χ0n) is 12.2. The van der Waals surface area contributed by atoms with Gasteiger partial charge in [-0.05, 0) is 44.2 Å². The lowest BCUT2D eigenvalue weighted by atomic mass is 10.1. The molecule has 1 aromatic carbocycles. The fourth-order valence-corrected chi connectivity index (χ4v) is 2.09.